The highest BCUT2D eigenvalue weighted by molar-refractivity contribution is 6.35. The number of benzene rings is 1. The molecule has 1 aliphatic heterocycles. The number of rotatable bonds is 2. The quantitative estimate of drug-likeness (QED) is 0.610. The van der Waals surface area contributed by atoms with Crippen molar-refractivity contribution in [2.24, 2.45) is 0 Å². The van der Waals surface area contributed by atoms with E-state index < -0.39 is 29.0 Å². The van der Waals surface area contributed by atoms with Crippen molar-refractivity contribution in [2.45, 2.75) is 5.60 Å². The van der Waals surface area contributed by atoms with Gasteiger partial charge in [0.15, 0.2) is 5.78 Å². The number of hydrogen-bond donors (Lipinski definition) is 1. The van der Waals surface area contributed by atoms with E-state index in [0.29, 0.717) is 0 Å². The molecule has 1 amide bonds. The van der Waals surface area contributed by atoms with Gasteiger partial charge < -0.3 is 14.8 Å². The SMILES string of the molecule is COC(=O)[C@@]1(OC)C(=O)NC2=C1C(=O)c1ccccc1C2=O. The number of hydrogen-bond acceptors (Lipinski definition) is 6. The molecular formula is C15H11NO6. The Kier molecular flexibility index (Phi) is 2.96. The molecule has 1 aliphatic carbocycles. The summed E-state index contributed by atoms with van der Waals surface area (Å²) in [6, 6.07) is 6.14. The lowest BCUT2D eigenvalue weighted by Gasteiger charge is -2.25. The molecule has 0 unspecified atom stereocenters. The first kappa shape index (κ1) is 14.2. The molecule has 7 nitrogen and oxygen atoms in total. The van der Waals surface area contributed by atoms with Crippen LogP contribution in [0, 0.1) is 0 Å². The Morgan fingerprint density at radius 1 is 1.05 bits per heavy atom. The molecule has 1 aromatic rings. The summed E-state index contributed by atoms with van der Waals surface area (Å²) in [6.07, 6.45) is 0. The van der Waals surface area contributed by atoms with E-state index in [1.54, 1.807) is 12.1 Å². The van der Waals surface area contributed by atoms with Crippen LogP contribution in [0.2, 0.25) is 0 Å². The van der Waals surface area contributed by atoms with E-state index in [4.69, 9.17) is 4.74 Å². The van der Waals surface area contributed by atoms with Gasteiger partial charge in [-0.1, -0.05) is 24.3 Å². The third-order valence-corrected chi connectivity index (χ3v) is 3.81. The summed E-state index contributed by atoms with van der Waals surface area (Å²) < 4.78 is 9.65. The number of methoxy groups -OCH3 is 2. The third kappa shape index (κ3) is 1.48. The summed E-state index contributed by atoms with van der Waals surface area (Å²) in [5, 5.41) is 2.28. The predicted molar refractivity (Wildman–Crippen MR) is 72.0 cm³/mol. The summed E-state index contributed by atoms with van der Waals surface area (Å²) in [5.41, 5.74) is -2.53. The summed E-state index contributed by atoms with van der Waals surface area (Å²) in [6.45, 7) is 0. The van der Waals surface area contributed by atoms with Crippen LogP contribution in [0.4, 0.5) is 0 Å². The van der Waals surface area contributed by atoms with Crippen molar-refractivity contribution in [3.05, 3.63) is 46.7 Å². The van der Waals surface area contributed by atoms with Crippen LogP contribution in [0.25, 0.3) is 0 Å². The maximum Gasteiger partial charge on any atom is 0.353 e. The number of ether oxygens (including phenoxy) is 2. The van der Waals surface area contributed by atoms with Crippen LogP contribution in [0.3, 0.4) is 0 Å². The van der Waals surface area contributed by atoms with Gasteiger partial charge in [0, 0.05) is 18.2 Å². The van der Waals surface area contributed by atoms with Gasteiger partial charge >= 0.3 is 5.97 Å². The van der Waals surface area contributed by atoms with Gasteiger partial charge in [0.05, 0.1) is 12.7 Å². The molecular weight excluding hydrogens is 290 g/mol. The average molecular weight is 301 g/mol. The van der Waals surface area contributed by atoms with Crippen molar-refractivity contribution in [3.8, 4) is 0 Å². The molecule has 3 rings (SSSR count). The van der Waals surface area contributed by atoms with Crippen LogP contribution in [0.1, 0.15) is 20.7 Å². The lowest BCUT2D eigenvalue weighted by molar-refractivity contribution is -0.166. The maximum absolute atomic E-state index is 12.7. The normalized spacial score (nSPS) is 23.1. The summed E-state index contributed by atoms with van der Waals surface area (Å²) in [5.74, 6) is -3.13. The Morgan fingerprint density at radius 3 is 2.18 bits per heavy atom. The first-order chi connectivity index (χ1) is 10.5. The Bertz CT molecular complexity index is 778. The highest BCUT2D eigenvalue weighted by Gasteiger charge is 2.61. The van der Waals surface area contributed by atoms with E-state index in [2.05, 4.69) is 10.1 Å². The molecule has 1 atom stereocenters. The van der Waals surface area contributed by atoms with Gasteiger partial charge in [-0.25, -0.2) is 4.79 Å². The van der Waals surface area contributed by atoms with Crippen molar-refractivity contribution in [3.63, 3.8) is 0 Å². The van der Waals surface area contributed by atoms with E-state index in [1.807, 2.05) is 0 Å². The van der Waals surface area contributed by atoms with Gasteiger partial charge in [0.2, 0.25) is 5.78 Å². The van der Waals surface area contributed by atoms with Crippen LogP contribution in [-0.4, -0.2) is 43.3 Å². The molecule has 112 valence electrons. The predicted octanol–water partition coefficient (Wildman–Crippen LogP) is 0.00770. The average Bonchev–Trinajstić information content (AvgIpc) is 2.85. The second-order valence-electron chi connectivity index (χ2n) is 4.78. The highest BCUT2D eigenvalue weighted by Crippen LogP contribution is 2.38. The summed E-state index contributed by atoms with van der Waals surface area (Å²) in [4.78, 5) is 49.5. The fourth-order valence-corrected chi connectivity index (χ4v) is 2.76. The molecule has 1 N–H and O–H groups in total. The van der Waals surface area contributed by atoms with E-state index in [1.165, 1.54) is 12.1 Å². The van der Waals surface area contributed by atoms with Crippen LogP contribution >= 0.6 is 0 Å². The van der Waals surface area contributed by atoms with Gasteiger partial charge in [-0.2, -0.15) is 0 Å². The fraction of sp³-hybridized carbons (Fsp3) is 0.200. The molecule has 1 heterocycles. The second kappa shape index (κ2) is 4.60. The monoisotopic (exact) mass is 301 g/mol. The van der Waals surface area contributed by atoms with E-state index in [0.717, 1.165) is 14.2 Å². The van der Waals surface area contributed by atoms with Crippen LogP contribution < -0.4 is 5.32 Å². The smallest absolute Gasteiger partial charge is 0.353 e. The van der Waals surface area contributed by atoms with Gasteiger partial charge in [0.25, 0.3) is 11.5 Å². The van der Waals surface area contributed by atoms with E-state index in [9.17, 15) is 19.2 Å². The van der Waals surface area contributed by atoms with Gasteiger partial charge in [-0.05, 0) is 0 Å². The first-order valence-electron chi connectivity index (χ1n) is 6.37. The number of carbonyl (C=O) groups is 4. The topological polar surface area (TPSA) is 98.8 Å². The molecule has 7 heteroatoms. The Labute approximate surface area is 124 Å². The number of amides is 1. The zero-order valence-corrected chi connectivity index (χ0v) is 11.8. The zero-order chi connectivity index (χ0) is 16.1. The van der Waals surface area contributed by atoms with Crippen LogP contribution in [0.5, 0.6) is 0 Å². The van der Waals surface area contributed by atoms with Crippen LogP contribution in [0.15, 0.2) is 35.5 Å². The minimum Gasteiger partial charge on any atom is -0.466 e. The molecule has 0 aromatic heterocycles. The molecule has 0 saturated heterocycles. The molecule has 0 fully saturated rings. The summed E-state index contributed by atoms with van der Waals surface area (Å²) >= 11 is 0. The van der Waals surface area contributed by atoms with E-state index >= 15 is 0 Å². The number of Topliss-reactive ketones (excluding diaryl/α,β-unsaturated/α-hetero) is 2. The number of esters is 1. The second-order valence-corrected chi connectivity index (χ2v) is 4.78. The molecule has 2 aliphatic rings. The molecule has 0 spiro atoms. The molecule has 0 bridgehead atoms. The minimum absolute atomic E-state index is 0.119. The lowest BCUT2D eigenvalue weighted by Crippen LogP contribution is -2.52. The van der Waals surface area contributed by atoms with Crippen molar-refractivity contribution in [2.75, 3.05) is 14.2 Å². The number of nitrogens with one attached hydrogen (secondary N) is 1. The Morgan fingerprint density at radius 2 is 1.64 bits per heavy atom. The molecule has 0 saturated carbocycles. The van der Waals surface area contributed by atoms with Crippen LogP contribution in [-0.2, 0) is 19.1 Å². The number of allylic oxidation sites excluding steroid dienone is 1. The zero-order valence-electron chi connectivity index (χ0n) is 11.8. The Balaban J connectivity index is 2.29. The third-order valence-electron chi connectivity index (χ3n) is 3.81. The number of fused-ring (bicyclic) bond motifs is 1. The molecule has 0 radical (unpaired) electrons. The standard InChI is InChI=1S/C15H11NO6/c1-21-14(20)15(22-2)9-10(16-13(15)19)12(18)8-6-4-3-5-7(8)11(9)17/h3-6H,1-2H3,(H,16,19)/t15-/m0/s1. The number of ketones is 2. The van der Waals surface area contributed by atoms with Crippen molar-refractivity contribution < 1.29 is 28.7 Å². The van der Waals surface area contributed by atoms with Crippen molar-refractivity contribution in [1.29, 1.82) is 0 Å². The highest BCUT2D eigenvalue weighted by atomic mass is 16.6. The van der Waals surface area contributed by atoms with Crippen molar-refractivity contribution in [1.82, 2.24) is 5.32 Å². The van der Waals surface area contributed by atoms with E-state index in [-0.39, 0.29) is 22.4 Å². The maximum atomic E-state index is 12.7. The van der Waals surface area contributed by atoms with Crippen molar-refractivity contribution >= 4 is 23.4 Å². The lowest BCUT2D eigenvalue weighted by atomic mass is 9.81. The minimum atomic E-state index is -2.26. The largest absolute Gasteiger partial charge is 0.466 e. The fourth-order valence-electron chi connectivity index (χ4n) is 2.76. The molecule has 22 heavy (non-hydrogen) atoms. The first-order valence-corrected chi connectivity index (χ1v) is 6.37. The number of carbonyl (C=O) groups excluding carboxylic acids is 4. The Hall–Kier alpha value is -2.80. The van der Waals surface area contributed by atoms with Gasteiger partial charge in [-0.15, -0.1) is 0 Å². The molecule has 1 aromatic carbocycles. The van der Waals surface area contributed by atoms with Gasteiger partial charge in [0.1, 0.15) is 5.70 Å². The van der Waals surface area contributed by atoms with Gasteiger partial charge in [-0.3, -0.25) is 14.4 Å². The summed E-state index contributed by atoms with van der Waals surface area (Å²) in [7, 11) is 2.17.